The molecule has 1 aromatic carbocycles. The molecule has 2 rings (SSSR count). The lowest BCUT2D eigenvalue weighted by Gasteiger charge is -2.04. The fourth-order valence-corrected chi connectivity index (χ4v) is 1.69. The van der Waals surface area contributed by atoms with Crippen molar-refractivity contribution >= 4 is 26.8 Å². The van der Waals surface area contributed by atoms with Gasteiger partial charge >= 0.3 is 0 Å². The van der Waals surface area contributed by atoms with E-state index in [0.717, 1.165) is 15.4 Å². The molecule has 0 spiro atoms. The third kappa shape index (κ3) is 2.46. The van der Waals surface area contributed by atoms with Gasteiger partial charge in [0.15, 0.2) is 0 Å². The van der Waals surface area contributed by atoms with Crippen LogP contribution in [-0.2, 0) is 0 Å². The van der Waals surface area contributed by atoms with Crippen LogP contribution in [0.5, 0.6) is 5.88 Å². The molecule has 0 aliphatic carbocycles. The predicted octanol–water partition coefficient (Wildman–Crippen LogP) is 2.37. The van der Waals surface area contributed by atoms with Crippen molar-refractivity contribution in [1.29, 1.82) is 0 Å². The largest absolute Gasteiger partial charge is 0.475 e. The second kappa shape index (κ2) is 4.59. The Morgan fingerprint density at radius 1 is 1.27 bits per heavy atom. The zero-order valence-corrected chi connectivity index (χ0v) is 9.57. The van der Waals surface area contributed by atoms with Gasteiger partial charge in [-0.25, -0.2) is 4.98 Å². The Morgan fingerprint density at radius 3 is 2.93 bits per heavy atom. The SMILES string of the molecule is OCCOc1ccc2cc(Br)ccc2n1. The minimum Gasteiger partial charge on any atom is -0.475 e. The summed E-state index contributed by atoms with van der Waals surface area (Å²) in [7, 11) is 0. The Labute approximate surface area is 95.8 Å². The van der Waals surface area contributed by atoms with E-state index in [9.17, 15) is 0 Å². The van der Waals surface area contributed by atoms with Crippen molar-refractivity contribution in [3.05, 3.63) is 34.8 Å². The molecule has 1 heterocycles. The summed E-state index contributed by atoms with van der Waals surface area (Å²) in [6.07, 6.45) is 0. The Kier molecular flexibility index (Phi) is 3.18. The third-order valence-corrected chi connectivity index (χ3v) is 2.46. The fourth-order valence-electron chi connectivity index (χ4n) is 1.31. The highest BCUT2D eigenvalue weighted by Gasteiger charge is 1.99. The van der Waals surface area contributed by atoms with Gasteiger partial charge in [0.2, 0.25) is 5.88 Å². The first-order valence-corrected chi connectivity index (χ1v) is 5.39. The highest BCUT2D eigenvalue weighted by molar-refractivity contribution is 9.10. The molecular formula is C11H10BrNO2. The molecule has 1 aromatic heterocycles. The lowest BCUT2D eigenvalue weighted by molar-refractivity contribution is 0.197. The second-order valence-electron chi connectivity index (χ2n) is 3.06. The van der Waals surface area contributed by atoms with E-state index in [2.05, 4.69) is 20.9 Å². The molecule has 2 aromatic rings. The number of nitrogens with zero attached hydrogens (tertiary/aromatic N) is 1. The summed E-state index contributed by atoms with van der Waals surface area (Å²) in [4.78, 5) is 4.30. The lowest BCUT2D eigenvalue weighted by atomic mass is 10.2. The summed E-state index contributed by atoms with van der Waals surface area (Å²) < 4.78 is 6.25. The summed E-state index contributed by atoms with van der Waals surface area (Å²) in [5.41, 5.74) is 0.883. The number of halogens is 1. The van der Waals surface area contributed by atoms with Crippen LogP contribution in [0.4, 0.5) is 0 Å². The number of aliphatic hydroxyl groups is 1. The van der Waals surface area contributed by atoms with Crippen LogP contribution in [0.25, 0.3) is 10.9 Å². The number of ether oxygens (including phenoxy) is 1. The maximum atomic E-state index is 8.62. The molecule has 0 amide bonds. The van der Waals surface area contributed by atoms with Crippen molar-refractivity contribution in [3.8, 4) is 5.88 Å². The molecule has 0 bridgehead atoms. The van der Waals surface area contributed by atoms with Crippen molar-refractivity contribution < 1.29 is 9.84 Å². The molecule has 3 nitrogen and oxygen atoms in total. The van der Waals surface area contributed by atoms with E-state index in [-0.39, 0.29) is 13.2 Å². The fraction of sp³-hybridized carbons (Fsp3) is 0.182. The Hall–Kier alpha value is -1.13. The Balaban J connectivity index is 2.34. The Morgan fingerprint density at radius 2 is 2.13 bits per heavy atom. The van der Waals surface area contributed by atoms with E-state index in [4.69, 9.17) is 9.84 Å². The summed E-state index contributed by atoms with van der Waals surface area (Å²) in [6.45, 7) is 0.273. The van der Waals surface area contributed by atoms with Gasteiger partial charge in [-0.1, -0.05) is 15.9 Å². The van der Waals surface area contributed by atoms with Gasteiger partial charge in [0.25, 0.3) is 0 Å². The molecule has 0 unspecified atom stereocenters. The maximum absolute atomic E-state index is 8.62. The number of fused-ring (bicyclic) bond motifs is 1. The molecule has 0 saturated heterocycles. The van der Waals surface area contributed by atoms with Gasteiger partial charge in [-0.05, 0) is 24.3 Å². The van der Waals surface area contributed by atoms with Gasteiger partial charge in [0, 0.05) is 15.9 Å². The molecule has 0 atom stereocenters. The summed E-state index contributed by atoms with van der Waals surface area (Å²) in [5, 5.41) is 9.67. The smallest absolute Gasteiger partial charge is 0.213 e. The van der Waals surface area contributed by atoms with Crippen LogP contribution in [0, 0.1) is 0 Å². The average molecular weight is 268 g/mol. The molecule has 0 fully saturated rings. The third-order valence-electron chi connectivity index (χ3n) is 1.97. The van der Waals surface area contributed by atoms with Gasteiger partial charge in [0.1, 0.15) is 6.61 Å². The molecule has 0 saturated carbocycles. The number of hydrogen-bond donors (Lipinski definition) is 1. The molecule has 0 aliphatic rings. The number of aromatic nitrogens is 1. The summed E-state index contributed by atoms with van der Waals surface area (Å²) >= 11 is 3.40. The summed E-state index contributed by atoms with van der Waals surface area (Å²) in [5.74, 6) is 0.541. The van der Waals surface area contributed by atoms with E-state index < -0.39 is 0 Å². The number of rotatable bonds is 3. The van der Waals surface area contributed by atoms with E-state index in [1.54, 1.807) is 6.07 Å². The lowest BCUT2D eigenvalue weighted by Crippen LogP contribution is -2.02. The minimum absolute atomic E-state index is 0.0000545. The normalized spacial score (nSPS) is 10.5. The average Bonchev–Trinajstić information content (AvgIpc) is 2.26. The molecule has 4 heteroatoms. The van der Waals surface area contributed by atoms with Crippen molar-refractivity contribution in [2.75, 3.05) is 13.2 Å². The van der Waals surface area contributed by atoms with Gasteiger partial charge < -0.3 is 9.84 Å². The number of hydrogen-bond acceptors (Lipinski definition) is 3. The van der Waals surface area contributed by atoms with E-state index in [0.29, 0.717) is 5.88 Å². The Bertz CT molecular complexity index is 473. The molecular weight excluding hydrogens is 258 g/mol. The van der Waals surface area contributed by atoms with Crippen LogP contribution < -0.4 is 4.74 Å². The van der Waals surface area contributed by atoms with E-state index >= 15 is 0 Å². The highest BCUT2D eigenvalue weighted by Crippen LogP contribution is 2.20. The van der Waals surface area contributed by atoms with Crippen LogP contribution in [-0.4, -0.2) is 23.3 Å². The molecule has 0 aliphatic heterocycles. The number of aliphatic hydroxyl groups excluding tert-OH is 1. The quantitative estimate of drug-likeness (QED) is 0.929. The zero-order valence-electron chi connectivity index (χ0n) is 7.98. The van der Waals surface area contributed by atoms with Crippen LogP contribution in [0.2, 0.25) is 0 Å². The van der Waals surface area contributed by atoms with Crippen LogP contribution in [0.3, 0.4) is 0 Å². The van der Waals surface area contributed by atoms with Gasteiger partial charge in [-0.3, -0.25) is 0 Å². The van der Waals surface area contributed by atoms with E-state index in [1.807, 2.05) is 24.3 Å². The van der Waals surface area contributed by atoms with Crippen molar-refractivity contribution in [2.45, 2.75) is 0 Å². The zero-order chi connectivity index (χ0) is 10.7. The highest BCUT2D eigenvalue weighted by atomic mass is 79.9. The standard InChI is InChI=1S/C11H10BrNO2/c12-9-2-3-10-8(7-9)1-4-11(13-10)15-6-5-14/h1-4,7,14H,5-6H2. The minimum atomic E-state index is 0.0000545. The number of benzene rings is 1. The molecule has 1 N–H and O–H groups in total. The van der Waals surface area contributed by atoms with Gasteiger partial charge in [-0.2, -0.15) is 0 Å². The maximum Gasteiger partial charge on any atom is 0.213 e. The molecule has 0 radical (unpaired) electrons. The molecule has 15 heavy (non-hydrogen) atoms. The first-order valence-electron chi connectivity index (χ1n) is 4.59. The second-order valence-corrected chi connectivity index (χ2v) is 3.97. The van der Waals surface area contributed by atoms with Crippen LogP contribution in [0.1, 0.15) is 0 Å². The topological polar surface area (TPSA) is 42.4 Å². The van der Waals surface area contributed by atoms with Gasteiger partial charge in [-0.15, -0.1) is 0 Å². The molecule has 78 valence electrons. The monoisotopic (exact) mass is 267 g/mol. The summed E-state index contributed by atoms with van der Waals surface area (Å²) in [6, 6.07) is 9.60. The first-order chi connectivity index (χ1) is 7.29. The van der Waals surface area contributed by atoms with E-state index in [1.165, 1.54) is 0 Å². The van der Waals surface area contributed by atoms with Crippen LogP contribution >= 0.6 is 15.9 Å². The predicted molar refractivity (Wildman–Crippen MR) is 62.0 cm³/mol. The van der Waals surface area contributed by atoms with Crippen molar-refractivity contribution in [1.82, 2.24) is 4.98 Å². The van der Waals surface area contributed by atoms with Crippen molar-refractivity contribution in [2.24, 2.45) is 0 Å². The number of pyridine rings is 1. The van der Waals surface area contributed by atoms with Crippen LogP contribution in [0.15, 0.2) is 34.8 Å². The first kappa shape index (κ1) is 10.4. The van der Waals surface area contributed by atoms with Gasteiger partial charge in [0.05, 0.1) is 12.1 Å². The van der Waals surface area contributed by atoms with Crippen molar-refractivity contribution in [3.63, 3.8) is 0 Å².